The van der Waals surface area contributed by atoms with Crippen LogP contribution in [0.25, 0.3) is 10.8 Å². The Morgan fingerprint density at radius 3 is 2.48 bits per heavy atom. The zero-order chi connectivity index (χ0) is 14.8. The lowest BCUT2D eigenvalue weighted by Crippen LogP contribution is -2.01. The van der Waals surface area contributed by atoms with Gasteiger partial charge in [-0.3, -0.25) is 4.98 Å². The highest BCUT2D eigenvalue weighted by Crippen LogP contribution is 2.22. The molecule has 0 spiro atoms. The molecule has 0 fully saturated rings. The van der Waals surface area contributed by atoms with Crippen LogP contribution in [0.4, 0.5) is 5.69 Å². The molecule has 0 aliphatic carbocycles. The Morgan fingerprint density at radius 1 is 0.905 bits per heavy atom. The van der Waals surface area contributed by atoms with Crippen molar-refractivity contribution in [3.05, 3.63) is 36.7 Å². The van der Waals surface area contributed by atoms with Crippen LogP contribution in [0.3, 0.4) is 0 Å². The van der Waals surface area contributed by atoms with Crippen LogP contribution < -0.4 is 5.32 Å². The number of benzene rings is 1. The van der Waals surface area contributed by atoms with Gasteiger partial charge in [0, 0.05) is 35.4 Å². The van der Waals surface area contributed by atoms with Crippen LogP contribution >= 0.6 is 0 Å². The lowest BCUT2D eigenvalue weighted by atomic mass is 10.1. The Hall–Kier alpha value is -1.57. The quantitative estimate of drug-likeness (QED) is 0.559. The van der Waals surface area contributed by atoms with E-state index in [0.717, 1.165) is 6.54 Å². The number of aromatic nitrogens is 1. The number of hydrogen-bond donors (Lipinski definition) is 1. The van der Waals surface area contributed by atoms with Crippen molar-refractivity contribution in [3.8, 4) is 0 Å². The second-order valence-electron chi connectivity index (χ2n) is 5.80. The maximum absolute atomic E-state index is 4.18. The molecule has 2 heteroatoms. The van der Waals surface area contributed by atoms with Gasteiger partial charge in [-0.25, -0.2) is 0 Å². The molecule has 0 saturated heterocycles. The van der Waals surface area contributed by atoms with E-state index in [4.69, 9.17) is 0 Å². The number of nitrogens with one attached hydrogen (secondary N) is 1. The van der Waals surface area contributed by atoms with Crippen molar-refractivity contribution in [2.24, 2.45) is 0 Å². The number of rotatable bonds is 10. The fraction of sp³-hybridized carbons (Fsp3) is 0.526. The smallest absolute Gasteiger partial charge is 0.0420 e. The number of pyridine rings is 1. The summed E-state index contributed by atoms with van der Waals surface area (Å²) in [6, 6.07) is 8.46. The summed E-state index contributed by atoms with van der Waals surface area (Å²) in [5.74, 6) is 0. The molecule has 2 rings (SSSR count). The van der Waals surface area contributed by atoms with Crippen LogP contribution in [0.1, 0.15) is 58.3 Å². The Bertz CT molecular complexity index is 516. The van der Waals surface area contributed by atoms with E-state index in [-0.39, 0.29) is 0 Å². The highest BCUT2D eigenvalue weighted by molar-refractivity contribution is 5.93. The molecular formula is C19H28N2. The van der Waals surface area contributed by atoms with Crippen LogP contribution in [-0.4, -0.2) is 11.5 Å². The van der Waals surface area contributed by atoms with Gasteiger partial charge < -0.3 is 5.32 Å². The molecule has 0 saturated carbocycles. The first kappa shape index (κ1) is 15.8. The lowest BCUT2D eigenvalue weighted by molar-refractivity contribution is 0.581. The molecule has 0 radical (unpaired) electrons. The van der Waals surface area contributed by atoms with E-state index >= 15 is 0 Å². The molecule has 0 atom stereocenters. The third-order valence-electron chi connectivity index (χ3n) is 4.03. The molecular weight excluding hydrogens is 256 g/mol. The van der Waals surface area contributed by atoms with Crippen LogP contribution in [0.5, 0.6) is 0 Å². The standard InChI is InChI=1S/C19H28N2/c1-2-3-4-5-6-7-8-9-14-21-19-12-10-11-17-16-20-15-13-18(17)19/h10-13,15-16,21H,2-9,14H2,1H3. The predicted molar refractivity (Wildman–Crippen MR) is 92.8 cm³/mol. The molecule has 0 aliphatic rings. The van der Waals surface area contributed by atoms with E-state index in [0.29, 0.717) is 0 Å². The van der Waals surface area contributed by atoms with E-state index in [2.05, 4.69) is 41.5 Å². The molecule has 1 aromatic carbocycles. The third kappa shape index (κ3) is 5.37. The fourth-order valence-electron chi connectivity index (χ4n) is 2.76. The number of anilines is 1. The van der Waals surface area contributed by atoms with Gasteiger partial charge in [-0.05, 0) is 18.6 Å². The summed E-state index contributed by atoms with van der Waals surface area (Å²) < 4.78 is 0. The van der Waals surface area contributed by atoms with Gasteiger partial charge in [0.1, 0.15) is 0 Å². The molecule has 0 amide bonds. The van der Waals surface area contributed by atoms with Crippen molar-refractivity contribution in [1.82, 2.24) is 4.98 Å². The van der Waals surface area contributed by atoms with Gasteiger partial charge in [0.25, 0.3) is 0 Å². The zero-order valence-corrected chi connectivity index (χ0v) is 13.3. The van der Waals surface area contributed by atoms with E-state index in [1.807, 2.05) is 12.4 Å². The molecule has 1 heterocycles. The molecule has 0 aliphatic heterocycles. The summed E-state index contributed by atoms with van der Waals surface area (Å²) in [4.78, 5) is 4.18. The number of nitrogens with zero attached hydrogens (tertiary/aromatic N) is 1. The normalized spacial score (nSPS) is 10.9. The van der Waals surface area contributed by atoms with Gasteiger partial charge in [-0.2, -0.15) is 0 Å². The Labute approximate surface area is 129 Å². The molecule has 2 nitrogen and oxygen atoms in total. The summed E-state index contributed by atoms with van der Waals surface area (Å²) in [6.45, 7) is 3.34. The van der Waals surface area contributed by atoms with Crippen molar-refractivity contribution >= 4 is 16.5 Å². The molecule has 2 aromatic rings. The summed E-state index contributed by atoms with van der Waals surface area (Å²) in [5.41, 5.74) is 1.23. The van der Waals surface area contributed by atoms with Gasteiger partial charge >= 0.3 is 0 Å². The molecule has 1 N–H and O–H groups in total. The summed E-state index contributed by atoms with van der Waals surface area (Å²) >= 11 is 0. The zero-order valence-electron chi connectivity index (χ0n) is 13.3. The van der Waals surface area contributed by atoms with Crippen LogP contribution in [0.2, 0.25) is 0 Å². The Kier molecular flexibility index (Phi) is 7.06. The van der Waals surface area contributed by atoms with Crippen LogP contribution in [0, 0.1) is 0 Å². The minimum absolute atomic E-state index is 1.07. The van der Waals surface area contributed by atoms with Gasteiger partial charge in [0.2, 0.25) is 0 Å². The first-order chi connectivity index (χ1) is 10.4. The average molecular weight is 284 g/mol. The van der Waals surface area contributed by atoms with Crippen molar-refractivity contribution in [2.75, 3.05) is 11.9 Å². The first-order valence-corrected chi connectivity index (χ1v) is 8.48. The average Bonchev–Trinajstić information content (AvgIpc) is 2.53. The van der Waals surface area contributed by atoms with Gasteiger partial charge in [0.15, 0.2) is 0 Å². The fourth-order valence-corrected chi connectivity index (χ4v) is 2.76. The third-order valence-corrected chi connectivity index (χ3v) is 4.03. The number of hydrogen-bond acceptors (Lipinski definition) is 2. The second kappa shape index (κ2) is 9.38. The summed E-state index contributed by atoms with van der Waals surface area (Å²) in [7, 11) is 0. The summed E-state index contributed by atoms with van der Waals surface area (Å²) in [6.07, 6.45) is 14.7. The van der Waals surface area contributed by atoms with E-state index in [9.17, 15) is 0 Å². The van der Waals surface area contributed by atoms with Gasteiger partial charge in [0.05, 0.1) is 0 Å². The molecule has 21 heavy (non-hydrogen) atoms. The van der Waals surface area contributed by atoms with E-state index < -0.39 is 0 Å². The van der Waals surface area contributed by atoms with Crippen molar-refractivity contribution < 1.29 is 0 Å². The highest BCUT2D eigenvalue weighted by Gasteiger charge is 1.99. The minimum atomic E-state index is 1.07. The SMILES string of the molecule is CCCCCCCCCCNc1cccc2cnccc12. The monoisotopic (exact) mass is 284 g/mol. The molecule has 1 aromatic heterocycles. The van der Waals surface area contributed by atoms with Crippen molar-refractivity contribution in [2.45, 2.75) is 58.3 Å². The number of fused-ring (bicyclic) bond motifs is 1. The van der Waals surface area contributed by atoms with Crippen LogP contribution in [-0.2, 0) is 0 Å². The topological polar surface area (TPSA) is 24.9 Å². The maximum Gasteiger partial charge on any atom is 0.0420 e. The first-order valence-electron chi connectivity index (χ1n) is 8.48. The van der Waals surface area contributed by atoms with E-state index in [1.165, 1.54) is 67.8 Å². The van der Waals surface area contributed by atoms with Crippen molar-refractivity contribution in [3.63, 3.8) is 0 Å². The molecule has 0 bridgehead atoms. The lowest BCUT2D eigenvalue weighted by Gasteiger charge is -2.09. The van der Waals surface area contributed by atoms with Crippen LogP contribution in [0.15, 0.2) is 36.7 Å². The minimum Gasteiger partial charge on any atom is -0.385 e. The highest BCUT2D eigenvalue weighted by atomic mass is 14.9. The van der Waals surface area contributed by atoms with Gasteiger partial charge in [-0.15, -0.1) is 0 Å². The summed E-state index contributed by atoms with van der Waals surface area (Å²) in [5, 5.41) is 6.05. The maximum atomic E-state index is 4.18. The van der Waals surface area contributed by atoms with E-state index in [1.54, 1.807) is 0 Å². The molecule has 0 unspecified atom stereocenters. The van der Waals surface area contributed by atoms with Crippen molar-refractivity contribution in [1.29, 1.82) is 0 Å². The number of unbranched alkanes of at least 4 members (excludes halogenated alkanes) is 7. The Morgan fingerprint density at radius 2 is 1.67 bits per heavy atom. The largest absolute Gasteiger partial charge is 0.385 e. The predicted octanol–water partition coefficient (Wildman–Crippen LogP) is 5.79. The second-order valence-corrected chi connectivity index (χ2v) is 5.80. The van der Waals surface area contributed by atoms with Gasteiger partial charge in [-0.1, -0.05) is 64.0 Å². The Balaban J connectivity index is 1.64. The molecule has 114 valence electrons.